The third kappa shape index (κ3) is 4.06. The second-order valence-electron chi connectivity index (χ2n) is 5.98. The lowest BCUT2D eigenvalue weighted by atomic mass is 10.2. The van der Waals surface area contributed by atoms with Crippen molar-refractivity contribution in [1.82, 2.24) is 15.3 Å². The van der Waals surface area contributed by atoms with E-state index < -0.39 is 6.09 Å². The van der Waals surface area contributed by atoms with Gasteiger partial charge in [0.15, 0.2) is 0 Å². The molecule has 0 aliphatic carbocycles. The van der Waals surface area contributed by atoms with Crippen molar-refractivity contribution in [2.45, 2.75) is 19.1 Å². The Bertz CT molecular complexity index is 948. The lowest BCUT2D eigenvalue weighted by Gasteiger charge is -2.23. The Hall–Kier alpha value is -3.00. The Balaban J connectivity index is 1.55. The van der Waals surface area contributed by atoms with Crippen LogP contribution in [0.15, 0.2) is 41.0 Å². The van der Waals surface area contributed by atoms with Crippen LogP contribution in [0.1, 0.15) is 12.2 Å². The minimum Gasteiger partial charge on any atom is -0.487 e. The second kappa shape index (κ2) is 7.71. The summed E-state index contributed by atoms with van der Waals surface area (Å²) in [5, 5.41) is 6.69. The first-order valence-electron chi connectivity index (χ1n) is 8.49. The molecule has 3 aromatic rings. The molecular formula is C18H17ClN4O4. The zero-order valence-corrected chi connectivity index (χ0v) is 15.0. The van der Waals surface area contributed by atoms with Crippen molar-refractivity contribution in [3.8, 4) is 5.75 Å². The maximum atomic E-state index is 11.3. The normalized spacial score (nSPS) is 16.6. The number of para-hydroxylation sites is 1. The number of carbonyl (C=O) groups excluding carboxylic acids is 1. The van der Waals surface area contributed by atoms with E-state index in [4.69, 9.17) is 25.5 Å². The van der Waals surface area contributed by atoms with Crippen LogP contribution in [0.25, 0.3) is 10.9 Å². The first-order valence-corrected chi connectivity index (χ1v) is 8.86. The predicted octanol–water partition coefficient (Wildman–Crippen LogP) is 3.37. The maximum Gasteiger partial charge on any atom is 0.407 e. The zero-order valence-electron chi connectivity index (χ0n) is 14.3. The van der Waals surface area contributed by atoms with Gasteiger partial charge in [0.05, 0.1) is 12.8 Å². The van der Waals surface area contributed by atoms with E-state index in [2.05, 4.69) is 20.6 Å². The number of rotatable bonds is 6. The third-order valence-corrected chi connectivity index (χ3v) is 4.28. The van der Waals surface area contributed by atoms with Crippen molar-refractivity contribution < 1.29 is 18.7 Å². The monoisotopic (exact) mass is 388 g/mol. The van der Waals surface area contributed by atoms with E-state index in [-0.39, 0.29) is 18.0 Å². The molecule has 1 saturated heterocycles. The van der Waals surface area contributed by atoms with E-state index >= 15 is 0 Å². The fourth-order valence-corrected chi connectivity index (χ4v) is 2.99. The topological polar surface area (TPSA) is 98.5 Å². The van der Waals surface area contributed by atoms with Gasteiger partial charge in [0, 0.05) is 18.4 Å². The molecule has 0 spiro atoms. The van der Waals surface area contributed by atoms with Crippen molar-refractivity contribution in [2.24, 2.45) is 0 Å². The number of alkyl carbamates (subject to hydrolysis) is 1. The Morgan fingerprint density at radius 3 is 3.04 bits per heavy atom. The number of anilines is 1. The summed E-state index contributed by atoms with van der Waals surface area (Å²) in [6, 6.07) is 9.22. The number of hydrogen-bond donors (Lipinski definition) is 2. The van der Waals surface area contributed by atoms with Gasteiger partial charge in [-0.15, -0.1) is 0 Å². The third-order valence-electron chi connectivity index (χ3n) is 4.11. The van der Waals surface area contributed by atoms with Gasteiger partial charge in [0.2, 0.25) is 5.28 Å². The molecule has 2 aromatic heterocycles. The molecule has 27 heavy (non-hydrogen) atoms. The number of nitrogens with one attached hydrogen (secondary N) is 2. The van der Waals surface area contributed by atoms with Crippen LogP contribution in [0.5, 0.6) is 5.75 Å². The van der Waals surface area contributed by atoms with E-state index in [1.54, 1.807) is 12.3 Å². The quantitative estimate of drug-likeness (QED) is 0.624. The second-order valence-corrected chi connectivity index (χ2v) is 6.32. The molecule has 4 rings (SSSR count). The molecule has 3 heterocycles. The van der Waals surface area contributed by atoms with Crippen LogP contribution in [-0.4, -0.2) is 35.3 Å². The molecule has 0 radical (unpaired) electrons. The molecule has 1 fully saturated rings. The molecule has 8 nitrogen and oxygen atoms in total. The fourth-order valence-electron chi connectivity index (χ4n) is 2.82. The largest absolute Gasteiger partial charge is 0.487 e. The van der Waals surface area contributed by atoms with Crippen LogP contribution in [0.3, 0.4) is 0 Å². The summed E-state index contributed by atoms with van der Waals surface area (Å²) in [5.74, 6) is 1.91. The molecule has 2 N–H and O–H groups in total. The average Bonchev–Trinajstić information content (AvgIpc) is 3.18. The number of benzene rings is 1. The molecule has 1 atom stereocenters. The smallest absolute Gasteiger partial charge is 0.407 e. The lowest BCUT2D eigenvalue weighted by Crippen LogP contribution is -2.40. The molecule has 9 heteroatoms. The minimum atomic E-state index is -0.428. The van der Waals surface area contributed by atoms with Crippen LogP contribution in [-0.2, 0) is 11.3 Å². The minimum absolute atomic E-state index is 0.105. The van der Waals surface area contributed by atoms with Gasteiger partial charge in [-0.3, -0.25) is 0 Å². The molecule has 1 unspecified atom stereocenters. The summed E-state index contributed by atoms with van der Waals surface area (Å²) in [7, 11) is 0. The van der Waals surface area contributed by atoms with Crippen molar-refractivity contribution >= 4 is 34.4 Å². The van der Waals surface area contributed by atoms with Gasteiger partial charge in [0.25, 0.3) is 0 Å². The first-order chi connectivity index (χ1) is 13.2. The summed E-state index contributed by atoms with van der Waals surface area (Å²) in [6.07, 6.45) is 1.56. The van der Waals surface area contributed by atoms with Crippen molar-refractivity contribution in [1.29, 1.82) is 0 Å². The first kappa shape index (κ1) is 17.4. The number of cyclic esters (lactones) is 1. The summed E-state index contributed by atoms with van der Waals surface area (Å²) in [6.45, 7) is 1.27. The number of hydrogen-bond acceptors (Lipinski definition) is 7. The fraction of sp³-hybridized carbons (Fsp3) is 0.278. The van der Waals surface area contributed by atoms with E-state index in [9.17, 15) is 4.79 Å². The molecule has 0 saturated carbocycles. The Morgan fingerprint density at radius 1 is 1.30 bits per heavy atom. The Labute approximate surface area is 159 Å². The summed E-state index contributed by atoms with van der Waals surface area (Å²) < 4.78 is 16.4. The molecule has 1 aliphatic rings. The van der Waals surface area contributed by atoms with E-state index in [0.29, 0.717) is 36.6 Å². The highest BCUT2D eigenvalue weighted by Crippen LogP contribution is 2.30. The van der Waals surface area contributed by atoms with Crippen molar-refractivity contribution in [2.75, 3.05) is 18.5 Å². The number of nitrogens with zero attached hydrogens (tertiary/aromatic N) is 2. The lowest BCUT2D eigenvalue weighted by molar-refractivity contribution is 0.0446. The Morgan fingerprint density at radius 2 is 2.22 bits per heavy atom. The summed E-state index contributed by atoms with van der Waals surface area (Å²) in [5.41, 5.74) is 0.583. The number of fused-ring (bicyclic) bond motifs is 1. The molecular weight excluding hydrogens is 372 g/mol. The average molecular weight is 389 g/mol. The number of furan rings is 1. The van der Waals surface area contributed by atoms with E-state index in [1.165, 1.54) is 0 Å². The van der Waals surface area contributed by atoms with Gasteiger partial charge in [-0.25, -0.2) is 14.8 Å². The van der Waals surface area contributed by atoms with Gasteiger partial charge >= 0.3 is 6.09 Å². The highest BCUT2D eigenvalue weighted by Gasteiger charge is 2.21. The maximum absolute atomic E-state index is 11.3. The SMILES string of the molecule is O=C1NCCC(COc2cccc3c(NCc4ccco4)nc(Cl)nc23)O1. The van der Waals surface area contributed by atoms with Crippen molar-refractivity contribution in [3.63, 3.8) is 0 Å². The van der Waals surface area contributed by atoms with E-state index in [1.807, 2.05) is 24.3 Å². The summed E-state index contributed by atoms with van der Waals surface area (Å²) in [4.78, 5) is 19.9. The summed E-state index contributed by atoms with van der Waals surface area (Å²) >= 11 is 6.11. The van der Waals surface area contributed by atoms with Gasteiger partial charge < -0.3 is 24.5 Å². The highest BCUT2D eigenvalue weighted by molar-refractivity contribution is 6.29. The van der Waals surface area contributed by atoms with Gasteiger partial charge in [-0.05, 0) is 35.9 Å². The van der Waals surface area contributed by atoms with Crippen LogP contribution in [0.4, 0.5) is 10.6 Å². The molecule has 1 aliphatic heterocycles. The zero-order chi connectivity index (χ0) is 18.6. The van der Waals surface area contributed by atoms with Crippen LogP contribution >= 0.6 is 11.6 Å². The van der Waals surface area contributed by atoms with Crippen LogP contribution in [0, 0.1) is 0 Å². The number of aromatic nitrogens is 2. The number of halogens is 1. The van der Waals surface area contributed by atoms with Crippen molar-refractivity contribution in [3.05, 3.63) is 47.6 Å². The van der Waals surface area contributed by atoms with Gasteiger partial charge in [0.1, 0.15) is 35.6 Å². The molecule has 1 amide bonds. The van der Waals surface area contributed by atoms with Gasteiger partial charge in [-0.1, -0.05) is 6.07 Å². The molecule has 1 aromatic carbocycles. The Kier molecular flexibility index (Phi) is 4.97. The predicted molar refractivity (Wildman–Crippen MR) is 99.0 cm³/mol. The van der Waals surface area contributed by atoms with Crippen LogP contribution in [0.2, 0.25) is 5.28 Å². The highest BCUT2D eigenvalue weighted by atomic mass is 35.5. The van der Waals surface area contributed by atoms with Crippen LogP contribution < -0.4 is 15.4 Å². The number of ether oxygens (including phenoxy) is 2. The van der Waals surface area contributed by atoms with Gasteiger partial charge in [-0.2, -0.15) is 0 Å². The standard InChI is InChI=1S/C18H17ClN4O4/c19-17-22-15-13(16(23-17)21-9-11-3-2-8-25-11)4-1-5-14(15)26-10-12-6-7-20-18(24)27-12/h1-5,8,12H,6-7,9-10H2,(H,20,24)(H,21,22,23). The number of amides is 1. The number of carbonyl (C=O) groups is 1. The molecule has 140 valence electrons. The van der Waals surface area contributed by atoms with E-state index in [0.717, 1.165) is 11.1 Å². The molecule has 0 bridgehead atoms.